The van der Waals surface area contributed by atoms with E-state index in [9.17, 15) is 9.18 Å². The molecule has 0 spiro atoms. The van der Waals surface area contributed by atoms with Crippen LogP contribution in [0, 0.1) is 12.7 Å². The molecule has 2 aromatic heterocycles. The molecular weight excluding hydrogens is 377 g/mol. The summed E-state index contributed by atoms with van der Waals surface area (Å²) in [5.74, 6) is 0.0964. The Morgan fingerprint density at radius 2 is 2.18 bits per heavy atom. The van der Waals surface area contributed by atoms with Crippen molar-refractivity contribution < 1.29 is 9.18 Å². The second-order valence-corrected chi connectivity index (χ2v) is 8.06. The first-order valence-corrected chi connectivity index (χ1v) is 9.89. The standard InChI is InChI=1S/C20H20FN5OS/c1-12-17(26-9-4-3-5-16(26)23-12)18(27)24-13-6-7-15(21)14(11-13)20(2)8-10-28-19(22)25-20/h3-7,9,11H,8,10H2,1-2H3,(H2,22,25)(H,24,27). The van der Waals surface area contributed by atoms with Crippen LogP contribution in [-0.2, 0) is 5.54 Å². The van der Waals surface area contributed by atoms with Crippen LogP contribution < -0.4 is 11.1 Å². The topological polar surface area (TPSA) is 84.8 Å². The van der Waals surface area contributed by atoms with Gasteiger partial charge in [0, 0.05) is 23.2 Å². The summed E-state index contributed by atoms with van der Waals surface area (Å²) in [5.41, 5.74) is 7.80. The molecule has 1 aromatic carbocycles. The van der Waals surface area contributed by atoms with Crippen LogP contribution in [0.1, 0.15) is 35.1 Å². The van der Waals surface area contributed by atoms with Gasteiger partial charge >= 0.3 is 0 Å². The van der Waals surface area contributed by atoms with E-state index in [4.69, 9.17) is 5.73 Å². The van der Waals surface area contributed by atoms with E-state index in [-0.39, 0.29) is 11.7 Å². The third kappa shape index (κ3) is 3.24. The number of carbonyl (C=O) groups is 1. The Morgan fingerprint density at radius 3 is 2.96 bits per heavy atom. The SMILES string of the molecule is Cc1nc2ccccn2c1C(=O)Nc1ccc(F)c(C2(C)CCSC(N)=N2)c1. The Balaban J connectivity index is 1.68. The molecule has 3 aromatic rings. The fourth-order valence-corrected chi connectivity index (χ4v) is 4.45. The van der Waals surface area contributed by atoms with Crippen molar-refractivity contribution in [2.24, 2.45) is 10.7 Å². The van der Waals surface area contributed by atoms with Gasteiger partial charge in [-0.3, -0.25) is 14.2 Å². The quantitative estimate of drug-likeness (QED) is 0.706. The Morgan fingerprint density at radius 1 is 1.36 bits per heavy atom. The van der Waals surface area contributed by atoms with Gasteiger partial charge in [0.25, 0.3) is 5.91 Å². The summed E-state index contributed by atoms with van der Waals surface area (Å²) in [5, 5.41) is 3.31. The van der Waals surface area contributed by atoms with Gasteiger partial charge in [0.1, 0.15) is 17.2 Å². The van der Waals surface area contributed by atoms with E-state index in [1.54, 1.807) is 29.7 Å². The molecule has 3 heterocycles. The molecule has 1 aliphatic heterocycles. The lowest BCUT2D eigenvalue weighted by molar-refractivity contribution is 0.102. The number of nitrogens with zero attached hydrogens (tertiary/aromatic N) is 3. The molecule has 0 radical (unpaired) electrons. The number of benzene rings is 1. The van der Waals surface area contributed by atoms with Crippen molar-refractivity contribution in [3.63, 3.8) is 0 Å². The number of aromatic nitrogens is 2. The number of aliphatic imine (C=N–C) groups is 1. The highest BCUT2D eigenvalue weighted by molar-refractivity contribution is 8.13. The van der Waals surface area contributed by atoms with Crippen molar-refractivity contribution in [3.8, 4) is 0 Å². The van der Waals surface area contributed by atoms with Crippen LogP contribution in [0.15, 0.2) is 47.6 Å². The van der Waals surface area contributed by atoms with Gasteiger partial charge in [-0.05, 0) is 50.6 Å². The van der Waals surface area contributed by atoms with E-state index in [0.717, 1.165) is 5.75 Å². The Hall–Kier alpha value is -2.87. The number of fused-ring (bicyclic) bond motifs is 1. The molecule has 0 bridgehead atoms. The van der Waals surface area contributed by atoms with Crippen molar-refractivity contribution in [1.29, 1.82) is 0 Å². The van der Waals surface area contributed by atoms with Gasteiger partial charge in [-0.25, -0.2) is 9.37 Å². The molecule has 4 rings (SSSR count). The number of carbonyl (C=O) groups excluding carboxylic acids is 1. The van der Waals surface area contributed by atoms with Gasteiger partial charge < -0.3 is 11.1 Å². The third-order valence-corrected chi connectivity index (χ3v) is 5.71. The number of halogens is 1. The Labute approximate surface area is 166 Å². The van der Waals surface area contributed by atoms with Crippen LogP contribution in [0.4, 0.5) is 10.1 Å². The van der Waals surface area contributed by atoms with Gasteiger partial charge in [-0.1, -0.05) is 17.8 Å². The van der Waals surface area contributed by atoms with Crippen molar-refractivity contribution in [1.82, 2.24) is 9.38 Å². The van der Waals surface area contributed by atoms with E-state index in [0.29, 0.717) is 39.9 Å². The fourth-order valence-electron chi connectivity index (χ4n) is 3.47. The second kappa shape index (κ2) is 6.94. The molecular formula is C20H20FN5OS. The van der Waals surface area contributed by atoms with Crippen LogP contribution in [0.3, 0.4) is 0 Å². The zero-order valence-electron chi connectivity index (χ0n) is 15.6. The van der Waals surface area contributed by atoms with Crippen molar-refractivity contribution >= 4 is 34.2 Å². The largest absolute Gasteiger partial charge is 0.379 e. The molecule has 1 atom stereocenters. The predicted octanol–water partition coefficient (Wildman–Crippen LogP) is 3.70. The van der Waals surface area contributed by atoms with Crippen LogP contribution in [0.5, 0.6) is 0 Å². The fraction of sp³-hybridized carbons (Fsp3) is 0.250. The lowest BCUT2D eigenvalue weighted by atomic mass is 9.89. The van der Waals surface area contributed by atoms with Gasteiger partial charge in [0.2, 0.25) is 0 Å². The maximum absolute atomic E-state index is 14.6. The molecule has 1 aliphatic rings. The molecule has 8 heteroatoms. The first-order valence-electron chi connectivity index (χ1n) is 8.90. The molecule has 0 saturated carbocycles. The summed E-state index contributed by atoms with van der Waals surface area (Å²) in [7, 11) is 0. The molecule has 3 N–H and O–H groups in total. The number of amides is 1. The molecule has 0 fully saturated rings. The van der Waals surface area contributed by atoms with Gasteiger partial charge in [-0.2, -0.15) is 0 Å². The lowest BCUT2D eigenvalue weighted by Crippen LogP contribution is -2.30. The van der Waals surface area contributed by atoms with Gasteiger partial charge in [-0.15, -0.1) is 0 Å². The molecule has 28 heavy (non-hydrogen) atoms. The highest BCUT2D eigenvalue weighted by Gasteiger charge is 2.32. The van der Waals surface area contributed by atoms with Crippen LogP contribution in [0.25, 0.3) is 5.65 Å². The van der Waals surface area contributed by atoms with Crippen LogP contribution in [0.2, 0.25) is 0 Å². The average molecular weight is 397 g/mol. The van der Waals surface area contributed by atoms with Gasteiger partial charge in [0.15, 0.2) is 5.17 Å². The minimum atomic E-state index is -0.751. The number of rotatable bonds is 3. The highest BCUT2D eigenvalue weighted by Crippen LogP contribution is 2.37. The third-order valence-electron chi connectivity index (χ3n) is 4.92. The number of thioether (sulfide) groups is 1. The molecule has 0 aliphatic carbocycles. The number of amidine groups is 1. The Bertz CT molecular complexity index is 1110. The number of aryl methyl sites for hydroxylation is 1. The van der Waals surface area contributed by atoms with E-state index >= 15 is 0 Å². The smallest absolute Gasteiger partial charge is 0.274 e. The summed E-state index contributed by atoms with van der Waals surface area (Å²) in [6.07, 6.45) is 2.46. The normalized spacial score (nSPS) is 19.5. The number of imidazole rings is 1. The number of hydrogen-bond acceptors (Lipinski definition) is 5. The number of hydrogen-bond donors (Lipinski definition) is 2. The zero-order valence-corrected chi connectivity index (χ0v) is 16.4. The maximum Gasteiger partial charge on any atom is 0.274 e. The van der Waals surface area contributed by atoms with Crippen LogP contribution >= 0.6 is 11.8 Å². The van der Waals surface area contributed by atoms with E-state index in [1.807, 2.05) is 25.1 Å². The van der Waals surface area contributed by atoms with E-state index < -0.39 is 5.54 Å². The average Bonchev–Trinajstić information content (AvgIpc) is 2.98. The minimum Gasteiger partial charge on any atom is -0.379 e. The van der Waals surface area contributed by atoms with Crippen molar-refractivity contribution in [2.75, 3.05) is 11.1 Å². The number of pyridine rings is 1. The number of nitrogens with one attached hydrogen (secondary N) is 1. The number of nitrogens with two attached hydrogens (primary N) is 1. The van der Waals surface area contributed by atoms with Crippen LogP contribution in [-0.4, -0.2) is 26.2 Å². The summed E-state index contributed by atoms with van der Waals surface area (Å²) < 4.78 is 16.3. The second-order valence-electron chi connectivity index (χ2n) is 6.95. The molecule has 1 amide bonds. The summed E-state index contributed by atoms with van der Waals surface area (Å²) >= 11 is 1.46. The first kappa shape index (κ1) is 18.5. The monoisotopic (exact) mass is 397 g/mol. The predicted molar refractivity (Wildman–Crippen MR) is 110 cm³/mol. The van der Waals surface area contributed by atoms with E-state index in [1.165, 1.54) is 17.8 Å². The minimum absolute atomic E-state index is 0.305. The summed E-state index contributed by atoms with van der Waals surface area (Å²) in [6.45, 7) is 3.65. The first-order chi connectivity index (χ1) is 13.4. The van der Waals surface area contributed by atoms with Crippen molar-refractivity contribution in [2.45, 2.75) is 25.8 Å². The maximum atomic E-state index is 14.6. The van der Waals surface area contributed by atoms with Crippen molar-refractivity contribution in [3.05, 3.63) is 65.4 Å². The summed E-state index contributed by atoms with van der Waals surface area (Å²) in [4.78, 5) is 21.8. The Kier molecular flexibility index (Phi) is 4.58. The molecule has 144 valence electrons. The van der Waals surface area contributed by atoms with Gasteiger partial charge in [0.05, 0.1) is 11.2 Å². The molecule has 0 saturated heterocycles. The zero-order chi connectivity index (χ0) is 19.9. The van der Waals surface area contributed by atoms with E-state index in [2.05, 4.69) is 15.3 Å². The molecule has 1 unspecified atom stereocenters. The lowest BCUT2D eigenvalue weighted by Gasteiger charge is -2.30. The number of anilines is 1. The molecule has 6 nitrogen and oxygen atoms in total. The highest BCUT2D eigenvalue weighted by atomic mass is 32.2. The summed E-state index contributed by atoms with van der Waals surface area (Å²) in [6, 6.07) is 10.1.